The second-order valence-corrected chi connectivity index (χ2v) is 6.79. The molecule has 3 aromatic rings. The van der Waals surface area contributed by atoms with Crippen molar-refractivity contribution in [1.82, 2.24) is 4.98 Å². The number of nitrogens with zero attached hydrogens (tertiary/aromatic N) is 1. The van der Waals surface area contributed by atoms with Crippen LogP contribution in [0.15, 0.2) is 35.7 Å². The van der Waals surface area contributed by atoms with Crippen molar-refractivity contribution in [3.05, 3.63) is 51.2 Å². The van der Waals surface area contributed by atoms with Crippen molar-refractivity contribution in [2.75, 3.05) is 5.32 Å². The monoisotopic (exact) mass is 334 g/mol. The Kier molecular flexibility index (Phi) is 4.05. The zero-order valence-electron chi connectivity index (χ0n) is 11.1. The lowest BCUT2D eigenvalue weighted by Crippen LogP contribution is -2.07. The molecule has 0 radical (unpaired) electrons. The quantitative estimate of drug-likeness (QED) is 0.687. The smallest absolute Gasteiger partial charge is 0.250 e. The average Bonchev–Trinajstić information content (AvgIpc) is 3.10. The van der Waals surface area contributed by atoms with Crippen LogP contribution in [0.5, 0.6) is 0 Å². The fraction of sp³-hybridized carbons (Fsp3) is 0.0667. The Bertz CT molecular complexity index is 822. The normalized spacial score (nSPS) is 11.3. The maximum absolute atomic E-state index is 11.9. The highest BCUT2D eigenvalue weighted by Gasteiger charge is 2.09. The molecule has 2 heterocycles. The van der Waals surface area contributed by atoms with Crippen LogP contribution in [0.3, 0.4) is 0 Å². The van der Waals surface area contributed by atoms with Crippen LogP contribution < -0.4 is 5.32 Å². The van der Waals surface area contributed by atoms with E-state index in [0.717, 1.165) is 20.7 Å². The molecule has 3 rings (SSSR count). The number of carbonyl (C=O) groups is 1. The van der Waals surface area contributed by atoms with Gasteiger partial charge in [-0.25, -0.2) is 4.98 Å². The third kappa shape index (κ3) is 3.15. The number of fused-ring (bicyclic) bond motifs is 1. The van der Waals surface area contributed by atoms with Gasteiger partial charge in [0.15, 0.2) is 5.13 Å². The molecule has 0 saturated heterocycles. The minimum absolute atomic E-state index is 0.189. The van der Waals surface area contributed by atoms with Crippen molar-refractivity contribution in [3.63, 3.8) is 0 Å². The van der Waals surface area contributed by atoms with E-state index in [4.69, 9.17) is 11.6 Å². The number of anilines is 1. The zero-order valence-corrected chi connectivity index (χ0v) is 13.5. The van der Waals surface area contributed by atoms with Gasteiger partial charge in [0.05, 0.1) is 10.2 Å². The number of aryl methyl sites for hydroxylation is 1. The lowest BCUT2D eigenvalue weighted by molar-refractivity contribution is -0.111. The first kappa shape index (κ1) is 14.3. The summed E-state index contributed by atoms with van der Waals surface area (Å²) in [5.74, 6) is -0.189. The highest BCUT2D eigenvalue weighted by atomic mass is 35.5. The fourth-order valence-electron chi connectivity index (χ4n) is 1.84. The summed E-state index contributed by atoms with van der Waals surface area (Å²) in [4.78, 5) is 17.4. The zero-order chi connectivity index (χ0) is 14.8. The standard InChI is InChI=1S/C15H11ClN2OS2/c1-9-11(16)5-6-12-14(9)18-15(21-12)17-13(19)7-4-10-3-2-8-20-10/h2-8H,1H3,(H,17,18,19). The van der Waals surface area contributed by atoms with Gasteiger partial charge in [0.2, 0.25) is 5.91 Å². The molecule has 1 aromatic carbocycles. The van der Waals surface area contributed by atoms with Crippen LogP contribution in [0.1, 0.15) is 10.4 Å². The van der Waals surface area contributed by atoms with Crippen molar-refractivity contribution in [2.45, 2.75) is 6.92 Å². The van der Waals surface area contributed by atoms with Crippen LogP contribution in [0.2, 0.25) is 5.02 Å². The molecule has 0 aliphatic rings. The maximum atomic E-state index is 11.9. The predicted octanol–water partition coefficient (Wildman–Crippen LogP) is 4.97. The Labute approximate surface area is 134 Å². The summed E-state index contributed by atoms with van der Waals surface area (Å²) in [6, 6.07) is 7.67. The molecule has 106 valence electrons. The SMILES string of the molecule is Cc1c(Cl)ccc2sc(NC(=O)C=Cc3cccs3)nc12. The van der Waals surface area contributed by atoms with E-state index in [-0.39, 0.29) is 5.91 Å². The van der Waals surface area contributed by atoms with Crippen molar-refractivity contribution in [1.29, 1.82) is 0 Å². The largest absolute Gasteiger partial charge is 0.298 e. The first-order valence-electron chi connectivity index (χ1n) is 6.22. The molecule has 3 nitrogen and oxygen atoms in total. The molecule has 0 aliphatic heterocycles. The summed E-state index contributed by atoms with van der Waals surface area (Å²) in [7, 11) is 0. The summed E-state index contributed by atoms with van der Waals surface area (Å²) in [6.45, 7) is 1.92. The van der Waals surface area contributed by atoms with Gasteiger partial charge >= 0.3 is 0 Å². The Hall–Kier alpha value is -1.69. The van der Waals surface area contributed by atoms with Crippen molar-refractivity contribution < 1.29 is 4.79 Å². The molecule has 0 saturated carbocycles. The van der Waals surface area contributed by atoms with E-state index in [1.807, 2.05) is 36.6 Å². The number of thiophene rings is 1. The number of benzene rings is 1. The van der Waals surface area contributed by atoms with Crippen molar-refractivity contribution >= 4 is 61.6 Å². The van der Waals surface area contributed by atoms with E-state index in [2.05, 4.69) is 10.3 Å². The Morgan fingerprint density at radius 3 is 3.00 bits per heavy atom. The number of thiazole rings is 1. The number of nitrogens with one attached hydrogen (secondary N) is 1. The Morgan fingerprint density at radius 1 is 1.38 bits per heavy atom. The Morgan fingerprint density at radius 2 is 2.24 bits per heavy atom. The van der Waals surface area contributed by atoms with Crippen LogP contribution >= 0.6 is 34.3 Å². The van der Waals surface area contributed by atoms with E-state index in [1.165, 1.54) is 17.4 Å². The number of hydrogen-bond acceptors (Lipinski definition) is 4. The second-order valence-electron chi connectivity index (χ2n) is 4.38. The third-order valence-corrected chi connectivity index (χ3v) is 5.10. The van der Waals surface area contributed by atoms with Crippen molar-refractivity contribution in [3.8, 4) is 0 Å². The molecule has 21 heavy (non-hydrogen) atoms. The van der Waals surface area contributed by atoms with E-state index < -0.39 is 0 Å². The van der Waals surface area contributed by atoms with E-state index in [0.29, 0.717) is 10.2 Å². The van der Waals surface area contributed by atoms with Crippen LogP contribution in [-0.4, -0.2) is 10.9 Å². The summed E-state index contributed by atoms with van der Waals surface area (Å²) in [6.07, 6.45) is 3.30. The van der Waals surface area contributed by atoms with Crippen LogP contribution in [-0.2, 0) is 4.79 Å². The van der Waals surface area contributed by atoms with Crippen LogP contribution in [0.4, 0.5) is 5.13 Å². The predicted molar refractivity (Wildman–Crippen MR) is 91.3 cm³/mol. The molecule has 0 aliphatic carbocycles. The Balaban J connectivity index is 1.79. The third-order valence-electron chi connectivity index (χ3n) is 2.92. The first-order chi connectivity index (χ1) is 10.1. The minimum atomic E-state index is -0.189. The number of aromatic nitrogens is 1. The molecule has 1 amide bonds. The minimum Gasteiger partial charge on any atom is -0.298 e. The number of hydrogen-bond donors (Lipinski definition) is 1. The van der Waals surface area contributed by atoms with Gasteiger partial charge in [0, 0.05) is 16.0 Å². The first-order valence-corrected chi connectivity index (χ1v) is 8.29. The van der Waals surface area contributed by atoms with Gasteiger partial charge in [-0.2, -0.15) is 0 Å². The maximum Gasteiger partial charge on any atom is 0.250 e. The molecular weight excluding hydrogens is 324 g/mol. The lowest BCUT2D eigenvalue weighted by atomic mass is 10.2. The molecule has 1 N–H and O–H groups in total. The van der Waals surface area contributed by atoms with Crippen LogP contribution in [0.25, 0.3) is 16.3 Å². The summed E-state index contributed by atoms with van der Waals surface area (Å²) in [5.41, 5.74) is 1.77. The number of carbonyl (C=O) groups excluding carboxylic acids is 1. The lowest BCUT2D eigenvalue weighted by Gasteiger charge is -1.96. The molecule has 2 aromatic heterocycles. The number of amides is 1. The molecular formula is C15H11ClN2OS2. The summed E-state index contributed by atoms with van der Waals surface area (Å²) in [5, 5.41) is 6.02. The molecule has 6 heteroatoms. The topological polar surface area (TPSA) is 42.0 Å². The van der Waals surface area contributed by atoms with Gasteiger partial charge in [-0.05, 0) is 42.1 Å². The molecule has 0 bridgehead atoms. The summed E-state index contributed by atoms with van der Waals surface area (Å²) < 4.78 is 1.01. The molecule has 0 atom stereocenters. The average molecular weight is 335 g/mol. The fourth-order valence-corrected chi connectivity index (χ4v) is 3.54. The van der Waals surface area contributed by atoms with E-state index in [1.54, 1.807) is 17.4 Å². The van der Waals surface area contributed by atoms with E-state index >= 15 is 0 Å². The highest BCUT2D eigenvalue weighted by molar-refractivity contribution is 7.22. The highest BCUT2D eigenvalue weighted by Crippen LogP contribution is 2.31. The molecule has 0 unspecified atom stereocenters. The van der Waals surface area contributed by atoms with Gasteiger partial charge in [-0.3, -0.25) is 10.1 Å². The van der Waals surface area contributed by atoms with Gasteiger partial charge in [0.25, 0.3) is 0 Å². The van der Waals surface area contributed by atoms with Crippen molar-refractivity contribution in [2.24, 2.45) is 0 Å². The van der Waals surface area contributed by atoms with Gasteiger partial charge in [0.1, 0.15) is 0 Å². The van der Waals surface area contributed by atoms with E-state index in [9.17, 15) is 4.79 Å². The van der Waals surface area contributed by atoms with Gasteiger partial charge < -0.3 is 0 Å². The summed E-state index contributed by atoms with van der Waals surface area (Å²) >= 11 is 9.10. The van der Waals surface area contributed by atoms with Gasteiger partial charge in [-0.1, -0.05) is 29.0 Å². The second kappa shape index (κ2) is 5.97. The van der Waals surface area contributed by atoms with Gasteiger partial charge in [-0.15, -0.1) is 11.3 Å². The molecule has 0 spiro atoms. The van der Waals surface area contributed by atoms with Crippen LogP contribution in [0, 0.1) is 6.92 Å². The number of halogens is 1. The number of rotatable bonds is 3. The molecule has 0 fully saturated rings.